The van der Waals surface area contributed by atoms with Crippen LogP contribution in [-0.4, -0.2) is 38.0 Å². The Kier molecular flexibility index (Phi) is 6.48. The van der Waals surface area contributed by atoms with Gasteiger partial charge >= 0.3 is 0 Å². The summed E-state index contributed by atoms with van der Waals surface area (Å²) in [6, 6.07) is 8.18. The number of amides is 1. The van der Waals surface area contributed by atoms with Gasteiger partial charge in [0.25, 0.3) is 0 Å². The molecule has 0 saturated carbocycles. The Hall–Kier alpha value is -1.31. The van der Waals surface area contributed by atoms with Crippen molar-refractivity contribution in [3.8, 4) is 0 Å². The molecule has 0 radical (unpaired) electrons. The first kappa shape index (κ1) is 17.1. The maximum absolute atomic E-state index is 12.3. The minimum Gasteiger partial charge on any atom is -0.356 e. The van der Waals surface area contributed by atoms with Crippen LogP contribution in [0.5, 0.6) is 0 Å². The van der Waals surface area contributed by atoms with Crippen LogP contribution in [0.3, 0.4) is 0 Å². The monoisotopic (exact) mass is 414 g/mol. The molecule has 22 heavy (non-hydrogen) atoms. The molecule has 2 aliphatic heterocycles. The van der Waals surface area contributed by atoms with Crippen LogP contribution in [0.25, 0.3) is 0 Å². The number of carbonyl (C=O) groups is 1. The van der Waals surface area contributed by atoms with Crippen molar-refractivity contribution in [2.75, 3.05) is 31.1 Å². The van der Waals surface area contributed by atoms with Gasteiger partial charge in [0.1, 0.15) is 0 Å². The highest BCUT2D eigenvalue weighted by Gasteiger charge is 2.23. The lowest BCUT2D eigenvalue weighted by Crippen LogP contribution is -2.41. The van der Waals surface area contributed by atoms with Crippen LogP contribution in [0.1, 0.15) is 24.8 Å². The number of hydrogen-bond acceptors (Lipinski definition) is 4. The minimum atomic E-state index is 0. The summed E-state index contributed by atoms with van der Waals surface area (Å²) in [4.78, 5) is 18.6. The number of para-hydroxylation sites is 1. The van der Waals surface area contributed by atoms with E-state index in [-0.39, 0.29) is 29.9 Å². The van der Waals surface area contributed by atoms with E-state index in [1.165, 1.54) is 5.56 Å². The Morgan fingerprint density at radius 2 is 2.23 bits per heavy atom. The highest BCUT2D eigenvalue weighted by Crippen LogP contribution is 2.27. The number of nitrogens with one attached hydrogen (secondary N) is 2. The van der Waals surface area contributed by atoms with Gasteiger partial charge in [-0.2, -0.15) is 0 Å². The van der Waals surface area contributed by atoms with Crippen molar-refractivity contribution in [3.05, 3.63) is 29.8 Å². The lowest BCUT2D eigenvalue weighted by Gasteiger charge is -2.18. The number of carbonyl (C=O) groups excluding carboxylic acids is 1. The zero-order valence-electron chi connectivity index (χ0n) is 12.7. The van der Waals surface area contributed by atoms with E-state index in [0.717, 1.165) is 57.1 Å². The van der Waals surface area contributed by atoms with Gasteiger partial charge in [0.05, 0.1) is 0 Å². The van der Waals surface area contributed by atoms with Crippen LogP contribution in [-0.2, 0) is 11.2 Å². The summed E-state index contributed by atoms with van der Waals surface area (Å²) >= 11 is 0. The first-order chi connectivity index (χ1) is 10.3. The third kappa shape index (κ3) is 4.12. The molecule has 2 aliphatic rings. The minimum absolute atomic E-state index is 0. The SMILES string of the molecule is I.O=C(CCCNC1=NCCCN1)N1CCc2ccccc21. The fourth-order valence-corrected chi connectivity index (χ4v) is 2.83. The van der Waals surface area contributed by atoms with Crippen LogP contribution in [0.4, 0.5) is 5.69 Å². The second-order valence-electron chi connectivity index (χ2n) is 5.47. The van der Waals surface area contributed by atoms with Gasteiger partial charge in [-0.25, -0.2) is 0 Å². The maximum atomic E-state index is 12.3. The zero-order valence-corrected chi connectivity index (χ0v) is 15.0. The molecular formula is C16H23IN4O. The third-order valence-electron chi connectivity index (χ3n) is 3.95. The zero-order chi connectivity index (χ0) is 14.5. The number of benzene rings is 1. The molecule has 3 rings (SSSR count). The van der Waals surface area contributed by atoms with Crippen molar-refractivity contribution in [2.24, 2.45) is 4.99 Å². The van der Waals surface area contributed by atoms with E-state index in [9.17, 15) is 4.79 Å². The van der Waals surface area contributed by atoms with Gasteiger partial charge in [-0.1, -0.05) is 18.2 Å². The lowest BCUT2D eigenvalue weighted by molar-refractivity contribution is -0.118. The van der Waals surface area contributed by atoms with Crippen molar-refractivity contribution >= 4 is 41.5 Å². The Bertz CT molecular complexity index is 547. The van der Waals surface area contributed by atoms with Gasteiger partial charge in [-0.05, 0) is 30.9 Å². The molecule has 1 aromatic rings. The molecule has 0 atom stereocenters. The molecule has 5 nitrogen and oxygen atoms in total. The molecular weight excluding hydrogens is 391 g/mol. The molecule has 2 heterocycles. The molecule has 120 valence electrons. The summed E-state index contributed by atoms with van der Waals surface area (Å²) in [6.45, 7) is 3.47. The number of hydrogen-bond donors (Lipinski definition) is 2. The first-order valence-electron chi connectivity index (χ1n) is 7.75. The molecule has 0 fully saturated rings. The molecule has 0 bridgehead atoms. The predicted octanol–water partition coefficient (Wildman–Crippen LogP) is 1.91. The Labute approximate surface area is 148 Å². The van der Waals surface area contributed by atoms with E-state index in [1.807, 2.05) is 23.1 Å². The molecule has 1 aromatic carbocycles. The van der Waals surface area contributed by atoms with E-state index >= 15 is 0 Å². The van der Waals surface area contributed by atoms with Gasteiger partial charge in [0, 0.05) is 38.3 Å². The van der Waals surface area contributed by atoms with Crippen molar-refractivity contribution < 1.29 is 4.79 Å². The van der Waals surface area contributed by atoms with Gasteiger partial charge in [0.15, 0.2) is 5.96 Å². The Morgan fingerprint density at radius 3 is 3.05 bits per heavy atom. The summed E-state index contributed by atoms with van der Waals surface area (Å²) < 4.78 is 0. The summed E-state index contributed by atoms with van der Waals surface area (Å²) in [5.74, 6) is 1.10. The predicted molar refractivity (Wildman–Crippen MR) is 100 cm³/mol. The smallest absolute Gasteiger partial charge is 0.227 e. The second-order valence-corrected chi connectivity index (χ2v) is 5.47. The highest BCUT2D eigenvalue weighted by molar-refractivity contribution is 14.0. The van der Waals surface area contributed by atoms with Gasteiger partial charge in [0.2, 0.25) is 5.91 Å². The largest absolute Gasteiger partial charge is 0.356 e. The fourth-order valence-electron chi connectivity index (χ4n) is 2.83. The van der Waals surface area contributed by atoms with Crippen LogP contribution in [0, 0.1) is 0 Å². The van der Waals surface area contributed by atoms with Gasteiger partial charge in [-0.3, -0.25) is 9.79 Å². The number of aliphatic imine (C=N–C) groups is 1. The Morgan fingerprint density at radius 1 is 1.36 bits per heavy atom. The van der Waals surface area contributed by atoms with Crippen molar-refractivity contribution in [1.29, 1.82) is 0 Å². The van der Waals surface area contributed by atoms with E-state index in [2.05, 4.69) is 21.7 Å². The van der Waals surface area contributed by atoms with Crippen LogP contribution < -0.4 is 15.5 Å². The molecule has 2 N–H and O–H groups in total. The van der Waals surface area contributed by atoms with Crippen molar-refractivity contribution in [2.45, 2.75) is 25.7 Å². The van der Waals surface area contributed by atoms with Crippen molar-refractivity contribution in [1.82, 2.24) is 10.6 Å². The van der Waals surface area contributed by atoms with Crippen LogP contribution in [0.2, 0.25) is 0 Å². The summed E-state index contributed by atoms with van der Waals surface area (Å²) in [5, 5.41) is 6.47. The van der Waals surface area contributed by atoms with Crippen molar-refractivity contribution in [3.63, 3.8) is 0 Å². The normalized spacial score (nSPS) is 16.2. The van der Waals surface area contributed by atoms with Crippen LogP contribution >= 0.6 is 24.0 Å². The second kappa shape index (κ2) is 8.36. The van der Waals surface area contributed by atoms with E-state index in [1.54, 1.807) is 0 Å². The van der Waals surface area contributed by atoms with E-state index < -0.39 is 0 Å². The number of fused-ring (bicyclic) bond motifs is 1. The molecule has 0 aliphatic carbocycles. The number of anilines is 1. The summed E-state index contributed by atoms with van der Waals surface area (Å²) in [7, 11) is 0. The highest BCUT2D eigenvalue weighted by atomic mass is 127. The molecule has 1 amide bonds. The van der Waals surface area contributed by atoms with Gasteiger partial charge < -0.3 is 15.5 Å². The fraction of sp³-hybridized carbons (Fsp3) is 0.500. The summed E-state index contributed by atoms with van der Waals surface area (Å²) in [5.41, 5.74) is 2.37. The number of guanidine groups is 1. The molecule has 6 heteroatoms. The summed E-state index contributed by atoms with van der Waals surface area (Å²) in [6.07, 6.45) is 3.48. The lowest BCUT2D eigenvalue weighted by atomic mass is 10.2. The van der Waals surface area contributed by atoms with E-state index in [4.69, 9.17) is 0 Å². The number of rotatable bonds is 4. The average Bonchev–Trinajstić information content (AvgIpc) is 2.96. The first-order valence-corrected chi connectivity index (χ1v) is 7.75. The van der Waals surface area contributed by atoms with Gasteiger partial charge in [-0.15, -0.1) is 24.0 Å². The number of nitrogens with zero attached hydrogens (tertiary/aromatic N) is 2. The Balaban J connectivity index is 0.00000176. The maximum Gasteiger partial charge on any atom is 0.227 e. The number of halogens is 1. The van der Waals surface area contributed by atoms with Crippen LogP contribution in [0.15, 0.2) is 29.3 Å². The molecule has 0 saturated heterocycles. The third-order valence-corrected chi connectivity index (χ3v) is 3.95. The quantitative estimate of drug-likeness (QED) is 0.585. The topological polar surface area (TPSA) is 56.7 Å². The molecule has 0 spiro atoms. The average molecular weight is 414 g/mol. The molecule has 0 unspecified atom stereocenters. The standard InChI is InChI=1S/C16H22N4O.HI/c21-15(7-3-9-17-16-18-10-4-11-19-16)20-12-8-13-5-1-2-6-14(13)20;/h1-2,5-6H,3-4,7-12H2,(H2,17,18,19);1H. The van der Waals surface area contributed by atoms with E-state index in [0.29, 0.717) is 6.42 Å². The molecule has 0 aromatic heterocycles.